The topological polar surface area (TPSA) is 28.2 Å². The van der Waals surface area contributed by atoms with Gasteiger partial charge >= 0.3 is 0 Å². The number of unbranched alkanes of at least 4 members (excludes halogenated alkanes) is 3. The Morgan fingerprint density at radius 1 is 1.31 bits per heavy atom. The van der Waals surface area contributed by atoms with Crippen LogP contribution in [0.3, 0.4) is 0 Å². The van der Waals surface area contributed by atoms with Crippen LogP contribution < -0.4 is 10.2 Å². The molecule has 0 aliphatic rings. The fourth-order valence-corrected chi connectivity index (χ4v) is 2.28. The van der Waals surface area contributed by atoms with Gasteiger partial charge in [0.2, 0.25) is 0 Å². The molecule has 0 amide bonds. The van der Waals surface area contributed by atoms with Crippen molar-refractivity contribution in [3.05, 3.63) is 11.1 Å². The van der Waals surface area contributed by atoms with E-state index in [4.69, 9.17) is 0 Å². The maximum atomic E-state index is 4.35. The zero-order valence-corrected chi connectivity index (χ0v) is 11.4. The predicted octanol–water partition coefficient (Wildman–Crippen LogP) is 2.88. The van der Waals surface area contributed by atoms with Crippen LogP contribution in [0.4, 0.5) is 5.13 Å². The molecule has 16 heavy (non-hydrogen) atoms. The van der Waals surface area contributed by atoms with E-state index in [2.05, 4.69) is 22.1 Å². The van der Waals surface area contributed by atoms with E-state index in [9.17, 15) is 0 Å². The van der Waals surface area contributed by atoms with Crippen LogP contribution in [0.1, 0.15) is 37.5 Å². The highest BCUT2D eigenvalue weighted by Gasteiger charge is 2.02. The second-order valence-corrected chi connectivity index (χ2v) is 5.33. The van der Waals surface area contributed by atoms with Gasteiger partial charge in [-0.15, -0.1) is 11.3 Å². The summed E-state index contributed by atoms with van der Waals surface area (Å²) in [4.78, 5) is 7.72. The molecule has 0 saturated heterocycles. The zero-order chi connectivity index (χ0) is 11.8. The maximum Gasteiger partial charge on any atom is 0.185 e. The van der Waals surface area contributed by atoms with Crippen molar-refractivity contribution in [3.63, 3.8) is 0 Å². The van der Waals surface area contributed by atoms with E-state index in [1.165, 1.54) is 30.6 Å². The van der Waals surface area contributed by atoms with Crippen molar-refractivity contribution in [2.75, 3.05) is 25.5 Å². The van der Waals surface area contributed by atoms with Gasteiger partial charge in [-0.25, -0.2) is 4.98 Å². The summed E-state index contributed by atoms with van der Waals surface area (Å²) in [6.45, 7) is 4.32. The molecule has 3 nitrogen and oxygen atoms in total. The third-order valence-electron chi connectivity index (χ3n) is 2.43. The van der Waals surface area contributed by atoms with E-state index in [1.807, 2.05) is 20.3 Å². The molecular weight excluding hydrogens is 218 g/mol. The average molecular weight is 241 g/mol. The van der Waals surface area contributed by atoms with Gasteiger partial charge in [-0.05, 0) is 13.0 Å². The summed E-state index contributed by atoms with van der Waals surface area (Å²) >= 11 is 1.76. The third-order valence-corrected chi connectivity index (χ3v) is 3.60. The molecule has 1 N–H and O–H groups in total. The summed E-state index contributed by atoms with van der Waals surface area (Å²) in [6, 6.07) is 0. The minimum atomic E-state index is 0.956. The molecule has 4 heteroatoms. The normalized spacial score (nSPS) is 10.7. The van der Waals surface area contributed by atoms with E-state index in [0.717, 1.165) is 18.2 Å². The molecule has 1 heterocycles. The van der Waals surface area contributed by atoms with Gasteiger partial charge in [-0.1, -0.05) is 26.2 Å². The monoisotopic (exact) mass is 241 g/mol. The molecule has 0 bridgehead atoms. The van der Waals surface area contributed by atoms with Crippen LogP contribution in [0.2, 0.25) is 0 Å². The second-order valence-electron chi connectivity index (χ2n) is 4.24. The maximum absolute atomic E-state index is 4.35. The molecule has 0 unspecified atom stereocenters. The predicted molar refractivity (Wildman–Crippen MR) is 72.3 cm³/mol. The average Bonchev–Trinajstić information content (AvgIpc) is 2.72. The van der Waals surface area contributed by atoms with Gasteiger partial charge in [-0.3, -0.25) is 0 Å². The Hall–Kier alpha value is -0.610. The minimum Gasteiger partial charge on any atom is -0.354 e. The summed E-state index contributed by atoms with van der Waals surface area (Å²) in [5.41, 5.74) is 0. The number of nitrogens with zero attached hydrogens (tertiary/aromatic N) is 2. The Labute approximate surface area is 103 Å². The molecule has 0 spiro atoms. The van der Waals surface area contributed by atoms with E-state index in [0.29, 0.717) is 0 Å². The van der Waals surface area contributed by atoms with Crippen LogP contribution in [-0.4, -0.2) is 25.6 Å². The van der Waals surface area contributed by atoms with Gasteiger partial charge in [0.1, 0.15) is 0 Å². The van der Waals surface area contributed by atoms with Crippen molar-refractivity contribution in [3.8, 4) is 0 Å². The minimum absolute atomic E-state index is 0.956. The van der Waals surface area contributed by atoms with Crippen molar-refractivity contribution in [2.45, 2.75) is 39.2 Å². The number of hydrogen-bond donors (Lipinski definition) is 1. The first-order chi connectivity index (χ1) is 7.74. The Balaban J connectivity index is 2.12. The van der Waals surface area contributed by atoms with Crippen molar-refractivity contribution in [2.24, 2.45) is 0 Å². The lowest BCUT2D eigenvalue weighted by molar-refractivity contribution is 0.600. The third kappa shape index (κ3) is 4.94. The highest BCUT2D eigenvalue weighted by atomic mass is 32.1. The van der Waals surface area contributed by atoms with E-state index in [1.54, 1.807) is 11.3 Å². The number of rotatable bonds is 8. The smallest absolute Gasteiger partial charge is 0.185 e. The van der Waals surface area contributed by atoms with Gasteiger partial charge in [0, 0.05) is 31.7 Å². The molecule has 0 atom stereocenters. The lowest BCUT2D eigenvalue weighted by Crippen LogP contribution is -2.13. The number of thiazole rings is 1. The Morgan fingerprint density at radius 3 is 2.75 bits per heavy atom. The molecule has 0 radical (unpaired) electrons. The number of hydrogen-bond acceptors (Lipinski definition) is 4. The standard InChI is InChI=1S/C12H23N3S/c1-4-5-6-7-8-13-9-11-10-14-12(16-11)15(2)3/h10,13H,4-9H2,1-3H3. The van der Waals surface area contributed by atoms with Crippen LogP contribution in [0.5, 0.6) is 0 Å². The van der Waals surface area contributed by atoms with Crippen molar-refractivity contribution < 1.29 is 0 Å². The Morgan fingerprint density at radius 2 is 2.12 bits per heavy atom. The largest absolute Gasteiger partial charge is 0.354 e. The number of aromatic nitrogens is 1. The molecule has 1 rings (SSSR count). The second kappa shape index (κ2) is 7.63. The molecular formula is C12H23N3S. The fraction of sp³-hybridized carbons (Fsp3) is 0.750. The Bertz CT molecular complexity index is 284. The SMILES string of the molecule is CCCCCCNCc1cnc(N(C)C)s1. The lowest BCUT2D eigenvalue weighted by atomic mass is 10.2. The van der Waals surface area contributed by atoms with Crippen LogP contribution in [0.15, 0.2) is 6.20 Å². The van der Waals surface area contributed by atoms with Gasteiger partial charge in [0.15, 0.2) is 5.13 Å². The molecule has 0 saturated carbocycles. The molecule has 0 aliphatic carbocycles. The van der Waals surface area contributed by atoms with Crippen LogP contribution in [0.25, 0.3) is 0 Å². The van der Waals surface area contributed by atoms with Gasteiger partial charge in [0.25, 0.3) is 0 Å². The van der Waals surface area contributed by atoms with Crippen molar-refractivity contribution in [1.29, 1.82) is 0 Å². The summed E-state index contributed by atoms with van der Waals surface area (Å²) in [7, 11) is 4.06. The molecule has 1 aromatic heterocycles. The summed E-state index contributed by atoms with van der Waals surface area (Å²) in [6.07, 6.45) is 7.26. The zero-order valence-electron chi connectivity index (χ0n) is 10.6. The number of anilines is 1. The molecule has 92 valence electrons. The van der Waals surface area contributed by atoms with E-state index in [-0.39, 0.29) is 0 Å². The van der Waals surface area contributed by atoms with Gasteiger partial charge < -0.3 is 10.2 Å². The molecule has 1 aromatic rings. The van der Waals surface area contributed by atoms with Gasteiger partial charge in [-0.2, -0.15) is 0 Å². The summed E-state index contributed by atoms with van der Waals surface area (Å²) in [5, 5.41) is 4.55. The van der Waals surface area contributed by atoms with Crippen molar-refractivity contribution in [1.82, 2.24) is 10.3 Å². The highest BCUT2D eigenvalue weighted by molar-refractivity contribution is 7.15. The number of nitrogens with one attached hydrogen (secondary N) is 1. The first-order valence-corrected chi connectivity index (χ1v) is 6.88. The quantitative estimate of drug-likeness (QED) is 0.709. The highest BCUT2D eigenvalue weighted by Crippen LogP contribution is 2.19. The first kappa shape index (κ1) is 13.5. The summed E-state index contributed by atoms with van der Waals surface area (Å²) in [5.74, 6) is 0. The molecule has 0 fully saturated rings. The first-order valence-electron chi connectivity index (χ1n) is 6.06. The molecule has 0 aliphatic heterocycles. The Kier molecular flexibility index (Phi) is 6.42. The van der Waals surface area contributed by atoms with E-state index >= 15 is 0 Å². The fourth-order valence-electron chi connectivity index (χ4n) is 1.47. The van der Waals surface area contributed by atoms with Crippen LogP contribution in [-0.2, 0) is 6.54 Å². The lowest BCUT2D eigenvalue weighted by Gasteiger charge is -2.05. The molecule has 0 aromatic carbocycles. The van der Waals surface area contributed by atoms with Crippen molar-refractivity contribution >= 4 is 16.5 Å². The van der Waals surface area contributed by atoms with Crippen LogP contribution >= 0.6 is 11.3 Å². The van der Waals surface area contributed by atoms with E-state index < -0.39 is 0 Å². The summed E-state index contributed by atoms with van der Waals surface area (Å²) < 4.78 is 0. The van der Waals surface area contributed by atoms with Gasteiger partial charge in [0.05, 0.1) is 0 Å². The van der Waals surface area contributed by atoms with Crippen LogP contribution in [0, 0.1) is 0 Å².